The second kappa shape index (κ2) is 8.10. The van der Waals surface area contributed by atoms with Crippen LogP contribution in [0.3, 0.4) is 0 Å². The summed E-state index contributed by atoms with van der Waals surface area (Å²) in [6.07, 6.45) is 9.62. The Bertz CT molecular complexity index is 185. The first kappa shape index (κ1) is 15.0. The normalized spacial score (nSPS) is 19.4. The van der Waals surface area contributed by atoms with E-state index in [2.05, 4.69) is 25.8 Å². The van der Waals surface area contributed by atoms with Crippen LogP contribution in [0.25, 0.3) is 0 Å². The minimum Gasteiger partial charge on any atom is -0.330 e. The van der Waals surface area contributed by atoms with Gasteiger partial charge in [-0.25, -0.2) is 0 Å². The van der Waals surface area contributed by atoms with E-state index < -0.39 is 0 Å². The highest BCUT2D eigenvalue weighted by atomic mass is 15.1. The Morgan fingerprint density at radius 1 is 1.18 bits per heavy atom. The number of nitrogens with two attached hydrogens (primary N) is 1. The zero-order valence-electron chi connectivity index (χ0n) is 12.1. The molecule has 17 heavy (non-hydrogen) atoms. The van der Waals surface area contributed by atoms with E-state index in [9.17, 15) is 0 Å². The van der Waals surface area contributed by atoms with Crippen molar-refractivity contribution >= 4 is 0 Å². The van der Waals surface area contributed by atoms with Crippen LogP contribution in [-0.2, 0) is 0 Å². The highest BCUT2D eigenvalue weighted by molar-refractivity contribution is 4.75. The highest BCUT2D eigenvalue weighted by Gasteiger charge is 2.19. The molecule has 2 nitrogen and oxygen atoms in total. The van der Waals surface area contributed by atoms with Crippen LogP contribution in [0.15, 0.2) is 0 Å². The molecule has 0 aromatic carbocycles. The molecule has 0 aromatic heterocycles. The maximum Gasteiger partial charge on any atom is 0.00922 e. The van der Waals surface area contributed by atoms with Gasteiger partial charge in [0.15, 0.2) is 0 Å². The van der Waals surface area contributed by atoms with Crippen molar-refractivity contribution in [1.82, 2.24) is 4.90 Å². The van der Waals surface area contributed by atoms with Gasteiger partial charge < -0.3 is 10.6 Å². The van der Waals surface area contributed by atoms with E-state index in [-0.39, 0.29) is 0 Å². The van der Waals surface area contributed by atoms with Gasteiger partial charge in [-0.3, -0.25) is 0 Å². The fraction of sp³-hybridized carbons (Fsp3) is 1.00. The number of rotatable bonds is 8. The summed E-state index contributed by atoms with van der Waals surface area (Å²) in [6, 6.07) is 0.877. The second-order valence-electron chi connectivity index (χ2n) is 6.14. The van der Waals surface area contributed by atoms with Crippen molar-refractivity contribution in [2.75, 3.05) is 20.1 Å². The van der Waals surface area contributed by atoms with Crippen molar-refractivity contribution in [3.63, 3.8) is 0 Å². The Hall–Kier alpha value is -0.0800. The molecule has 0 heterocycles. The van der Waals surface area contributed by atoms with Crippen LogP contribution in [0.2, 0.25) is 0 Å². The highest BCUT2D eigenvalue weighted by Crippen LogP contribution is 2.24. The third kappa shape index (κ3) is 5.39. The molecule has 1 aliphatic rings. The number of nitrogens with zero attached hydrogens (tertiary/aromatic N) is 1. The van der Waals surface area contributed by atoms with E-state index in [1.807, 2.05) is 0 Å². The molecular formula is C15H32N2. The van der Waals surface area contributed by atoms with Crippen LogP contribution < -0.4 is 5.73 Å². The van der Waals surface area contributed by atoms with Crippen molar-refractivity contribution in [2.24, 2.45) is 17.6 Å². The third-order valence-corrected chi connectivity index (χ3v) is 4.51. The van der Waals surface area contributed by atoms with Gasteiger partial charge in [0.1, 0.15) is 0 Å². The minimum atomic E-state index is 0.787. The quantitative estimate of drug-likeness (QED) is 0.705. The summed E-state index contributed by atoms with van der Waals surface area (Å²) in [5, 5.41) is 0. The van der Waals surface area contributed by atoms with Crippen molar-refractivity contribution in [3.05, 3.63) is 0 Å². The molecule has 0 spiro atoms. The Kier molecular flexibility index (Phi) is 7.14. The lowest BCUT2D eigenvalue weighted by atomic mass is 9.88. The van der Waals surface area contributed by atoms with Gasteiger partial charge >= 0.3 is 0 Å². The van der Waals surface area contributed by atoms with Crippen molar-refractivity contribution in [3.8, 4) is 0 Å². The zero-order chi connectivity index (χ0) is 12.7. The fourth-order valence-electron chi connectivity index (χ4n) is 3.16. The van der Waals surface area contributed by atoms with E-state index in [1.54, 1.807) is 0 Å². The summed E-state index contributed by atoms with van der Waals surface area (Å²) in [5.41, 5.74) is 5.69. The molecule has 1 saturated carbocycles. The van der Waals surface area contributed by atoms with Crippen molar-refractivity contribution in [2.45, 2.75) is 64.8 Å². The summed E-state index contributed by atoms with van der Waals surface area (Å²) in [5.74, 6) is 1.62. The van der Waals surface area contributed by atoms with E-state index in [0.717, 1.165) is 24.4 Å². The monoisotopic (exact) mass is 240 g/mol. The summed E-state index contributed by atoms with van der Waals surface area (Å²) in [4.78, 5) is 2.59. The summed E-state index contributed by atoms with van der Waals surface area (Å²) >= 11 is 0. The molecule has 2 heteroatoms. The average molecular weight is 240 g/mol. The summed E-state index contributed by atoms with van der Waals surface area (Å²) < 4.78 is 0. The molecule has 102 valence electrons. The van der Waals surface area contributed by atoms with Gasteiger partial charge in [-0.15, -0.1) is 0 Å². The lowest BCUT2D eigenvalue weighted by molar-refractivity contribution is 0.226. The molecule has 1 fully saturated rings. The Balaban J connectivity index is 2.16. The van der Waals surface area contributed by atoms with Gasteiger partial charge in [0.25, 0.3) is 0 Å². The van der Waals surface area contributed by atoms with Crippen LogP contribution in [0.4, 0.5) is 0 Å². The Labute approximate surface area is 108 Å². The Morgan fingerprint density at radius 2 is 1.82 bits per heavy atom. The van der Waals surface area contributed by atoms with E-state index in [0.29, 0.717) is 0 Å². The van der Waals surface area contributed by atoms with Crippen LogP contribution >= 0.6 is 0 Å². The molecule has 0 saturated heterocycles. The van der Waals surface area contributed by atoms with Gasteiger partial charge in [-0.05, 0) is 64.1 Å². The fourth-order valence-corrected chi connectivity index (χ4v) is 3.16. The first-order valence-corrected chi connectivity index (χ1v) is 7.55. The molecule has 1 unspecified atom stereocenters. The summed E-state index contributed by atoms with van der Waals surface area (Å²) in [6.45, 7) is 6.79. The molecule has 1 atom stereocenters. The minimum absolute atomic E-state index is 0.787. The molecule has 0 amide bonds. The zero-order valence-corrected chi connectivity index (χ0v) is 12.1. The predicted octanol–water partition coefficient (Wildman–Crippen LogP) is 3.26. The lowest BCUT2D eigenvalue weighted by Crippen LogP contribution is -2.30. The molecule has 0 bridgehead atoms. The van der Waals surface area contributed by atoms with Gasteiger partial charge in [0.05, 0.1) is 0 Å². The van der Waals surface area contributed by atoms with Crippen molar-refractivity contribution < 1.29 is 0 Å². The Morgan fingerprint density at radius 3 is 2.35 bits per heavy atom. The molecule has 0 radical (unpaired) electrons. The van der Waals surface area contributed by atoms with Crippen LogP contribution in [0.5, 0.6) is 0 Å². The smallest absolute Gasteiger partial charge is 0.00922 e. The molecule has 0 aromatic rings. The average Bonchev–Trinajstić information content (AvgIpc) is 2.81. The van der Waals surface area contributed by atoms with E-state index in [1.165, 1.54) is 51.5 Å². The van der Waals surface area contributed by atoms with Crippen LogP contribution in [0, 0.1) is 11.8 Å². The molecule has 0 aliphatic heterocycles. The molecule has 1 rings (SSSR count). The first-order chi connectivity index (χ1) is 8.15. The standard InChI is InChI=1S/C15H32N2/c1-13(2)14(10-11-16)7-6-12-17(3)15-8-4-5-9-15/h13-15H,4-12,16H2,1-3H3. The predicted molar refractivity (Wildman–Crippen MR) is 76.1 cm³/mol. The third-order valence-electron chi connectivity index (χ3n) is 4.51. The maximum atomic E-state index is 5.69. The largest absolute Gasteiger partial charge is 0.330 e. The van der Waals surface area contributed by atoms with Crippen LogP contribution in [0.1, 0.15) is 58.8 Å². The summed E-state index contributed by atoms with van der Waals surface area (Å²) in [7, 11) is 2.31. The molecule has 2 N–H and O–H groups in total. The van der Waals surface area contributed by atoms with Crippen molar-refractivity contribution in [1.29, 1.82) is 0 Å². The van der Waals surface area contributed by atoms with Gasteiger partial charge in [0.2, 0.25) is 0 Å². The molecular weight excluding hydrogens is 208 g/mol. The van der Waals surface area contributed by atoms with E-state index in [4.69, 9.17) is 5.73 Å². The number of hydrogen-bond acceptors (Lipinski definition) is 2. The first-order valence-electron chi connectivity index (χ1n) is 7.55. The van der Waals surface area contributed by atoms with Crippen LogP contribution in [-0.4, -0.2) is 31.1 Å². The van der Waals surface area contributed by atoms with Gasteiger partial charge in [-0.1, -0.05) is 26.7 Å². The van der Waals surface area contributed by atoms with Gasteiger partial charge in [0, 0.05) is 6.04 Å². The van der Waals surface area contributed by atoms with E-state index >= 15 is 0 Å². The number of hydrogen-bond donors (Lipinski definition) is 1. The lowest BCUT2D eigenvalue weighted by Gasteiger charge is -2.26. The maximum absolute atomic E-state index is 5.69. The SMILES string of the molecule is CC(C)C(CCN)CCCN(C)C1CCCC1. The van der Waals surface area contributed by atoms with Gasteiger partial charge in [-0.2, -0.15) is 0 Å². The second-order valence-corrected chi connectivity index (χ2v) is 6.14. The molecule has 1 aliphatic carbocycles. The topological polar surface area (TPSA) is 29.3 Å².